The molecule has 0 bridgehead atoms. The number of aryl methyl sites for hydroxylation is 2. The lowest BCUT2D eigenvalue weighted by Gasteiger charge is -2.57. The van der Waals surface area contributed by atoms with E-state index in [0.717, 1.165) is 12.1 Å². The van der Waals surface area contributed by atoms with Gasteiger partial charge in [-0.2, -0.15) is 0 Å². The van der Waals surface area contributed by atoms with Crippen LogP contribution in [0.4, 0.5) is 5.69 Å². The number of nitrogens with two attached hydrogens (primary N) is 1. The first-order valence-electron chi connectivity index (χ1n) is 7.42. The SMILES string of the molecule is COC1(C)CC(N=C(N)Nc2ccc(C)c(C)c2)C1(C)C. The summed E-state index contributed by atoms with van der Waals surface area (Å²) < 4.78 is 5.62. The Kier molecular flexibility index (Phi) is 4.02. The number of guanidine groups is 1. The molecule has 1 saturated carbocycles. The van der Waals surface area contributed by atoms with Crippen LogP contribution in [0.25, 0.3) is 0 Å². The number of hydrogen-bond acceptors (Lipinski definition) is 2. The molecule has 116 valence electrons. The average molecular weight is 289 g/mol. The first-order valence-corrected chi connectivity index (χ1v) is 7.42. The number of benzene rings is 1. The van der Waals surface area contributed by atoms with Crippen molar-refractivity contribution in [3.63, 3.8) is 0 Å². The first kappa shape index (κ1) is 15.8. The molecule has 0 aromatic heterocycles. The van der Waals surface area contributed by atoms with E-state index in [0.29, 0.717) is 5.96 Å². The number of aliphatic imine (C=N–C) groups is 1. The minimum atomic E-state index is -0.123. The summed E-state index contributed by atoms with van der Waals surface area (Å²) in [5.74, 6) is 0.467. The Hall–Kier alpha value is -1.55. The van der Waals surface area contributed by atoms with E-state index in [1.165, 1.54) is 11.1 Å². The highest BCUT2D eigenvalue weighted by Crippen LogP contribution is 2.53. The minimum Gasteiger partial charge on any atom is -0.378 e. The number of nitrogens with one attached hydrogen (secondary N) is 1. The van der Waals surface area contributed by atoms with Gasteiger partial charge in [0.15, 0.2) is 5.96 Å². The lowest BCUT2D eigenvalue weighted by atomic mass is 9.56. The zero-order valence-electron chi connectivity index (χ0n) is 13.9. The molecule has 0 aliphatic heterocycles. The molecule has 21 heavy (non-hydrogen) atoms. The van der Waals surface area contributed by atoms with Crippen LogP contribution in [0, 0.1) is 19.3 Å². The Bertz CT molecular complexity index is 565. The Morgan fingerprint density at radius 3 is 2.48 bits per heavy atom. The summed E-state index contributed by atoms with van der Waals surface area (Å²) >= 11 is 0. The Labute approximate surface area is 127 Å². The molecule has 0 spiro atoms. The molecule has 2 unspecified atom stereocenters. The van der Waals surface area contributed by atoms with E-state index in [9.17, 15) is 0 Å². The van der Waals surface area contributed by atoms with Gasteiger partial charge in [-0.05, 0) is 50.5 Å². The summed E-state index contributed by atoms with van der Waals surface area (Å²) in [5.41, 5.74) is 9.40. The topological polar surface area (TPSA) is 59.6 Å². The van der Waals surface area contributed by atoms with Gasteiger partial charge < -0.3 is 15.8 Å². The number of anilines is 1. The van der Waals surface area contributed by atoms with Crippen LogP contribution in [0.15, 0.2) is 23.2 Å². The average Bonchev–Trinajstić information content (AvgIpc) is 2.42. The third kappa shape index (κ3) is 2.77. The molecule has 0 saturated heterocycles. The summed E-state index contributed by atoms with van der Waals surface area (Å²) in [6.45, 7) is 10.7. The quantitative estimate of drug-likeness (QED) is 0.663. The van der Waals surface area contributed by atoms with Crippen LogP contribution in [0.2, 0.25) is 0 Å². The predicted molar refractivity (Wildman–Crippen MR) is 88.8 cm³/mol. The molecule has 1 aliphatic carbocycles. The van der Waals surface area contributed by atoms with Crippen molar-refractivity contribution in [2.24, 2.45) is 16.1 Å². The largest absolute Gasteiger partial charge is 0.378 e. The zero-order valence-corrected chi connectivity index (χ0v) is 13.9. The fourth-order valence-electron chi connectivity index (χ4n) is 2.83. The van der Waals surface area contributed by atoms with E-state index in [1.54, 1.807) is 7.11 Å². The van der Waals surface area contributed by atoms with Gasteiger partial charge in [-0.1, -0.05) is 19.9 Å². The maximum atomic E-state index is 6.05. The predicted octanol–water partition coefficient (Wildman–Crippen LogP) is 3.23. The van der Waals surface area contributed by atoms with Gasteiger partial charge in [-0.3, -0.25) is 0 Å². The smallest absolute Gasteiger partial charge is 0.193 e. The van der Waals surface area contributed by atoms with E-state index < -0.39 is 0 Å². The number of nitrogens with zero attached hydrogens (tertiary/aromatic N) is 1. The molecular weight excluding hydrogens is 262 g/mol. The highest BCUT2D eigenvalue weighted by Gasteiger charge is 2.58. The lowest BCUT2D eigenvalue weighted by molar-refractivity contribution is -0.171. The summed E-state index contributed by atoms with van der Waals surface area (Å²) in [5, 5.41) is 3.18. The van der Waals surface area contributed by atoms with Gasteiger partial charge in [0.25, 0.3) is 0 Å². The molecule has 2 rings (SSSR count). The Morgan fingerprint density at radius 1 is 1.29 bits per heavy atom. The minimum absolute atomic E-state index is 0.0166. The third-order valence-corrected chi connectivity index (χ3v) is 5.30. The van der Waals surface area contributed by atoms with E-state index in [4.69, 9.17) is 10.5 Å². The maximum absolute atomic E-state index is 6.05. The van der Waals surface area contributed by atoms with Crippen LogP contribution < -0.4 is 11.1 Å². The third-order valence-electron chi connectivity index (χ3n) is 5.30. The zero-order chi connectivity index (χ0) is 15.8. The maximum Gasteiger partial charge on any atom is 0.193 e. The summed E-state index contributed by atoms with van der Waals surface area (Å²) in [4.78, 5) is 4.63. The van der Waals surface area contributed by atoms with Crippen molar-refractivity contribution < 1.29 is 4.74 Å². The van der Waals surface area contributed by atoms with Crippen LogP contribution in [0.5, 0.6) is 0 Å². The van der Waals surface area contributed by atoms with Gasteiger partial charge in [0, 0.05) is 18.2 Å². The molecule has 1 fully saturated rings. The van der Waals surface area contributed by atoms with E-state index in [1.807, 2.05) is 6.07 Å². The van der Waals surface area contributed by atoms with Gasteiger partial charge in [-0.25, -0.2) is 4.99 Å². The molecule has 1 aromatic carbocycles. The van der Waals surface area contributed by atoms with E-state index in [-0.39, 0.29) is 17.1 Å². The molecular formula is C17H27N3O. The number of hydrogen-bond donors (Lipinski definition) is 2. The van der Waals surface area contributed by atoms with Crippen LogP contribution in [0.3, 0.4) is 0 Å². The van der Waals surface area contributed by atoms with Crippen molar-refractivity contribution in [3.8, 4) is 0 Å². The summed E-state index contributed by atoms with van der Waals surface area (Å²) in [7, 11) is 1.76. The Balaban J connectivity index is 2.07. The summed E-state index contributed by atoms with van der Waals surface area (Å²) in [6, 6.07) is 6.38. The lowest BCUT2D eigenvalue weighted by Crippen LogP contribution is -2.62. The number of ether oxygens (including phenoxy) is 1. The van der Waals surface area contributed by atoms with Crippen molar-refractivity contribution in [1.82, 2.24) is 0 Å². The number of rotatable bonds is 3. The van der Waals surface area contributed by atoms with E-state index >= 15 is 0 Å². The second-order valence-corrected chi connectivity index (χ2v) is 6.81. The van der Waals surface area contributed by atoms with Crippen molar-refractivity contribution in [3.05, 3.63) is 29.3 Å². The summed E-state index contributed by atoms with van der Waals surface area (Å²) in [6.07, 6.45) is 0.895. The van der Waals surface area contributed by atoms with Gasteiger partial charge >= 0.3 is 0 Å². The fraction of sp³-hybridized carbons (Fsp3) is 0.588. The van der Waals surface area contributed by atoms with Crippen molar-refractivity contribution in [1.29, 1.82) is 0 Å². The molecule has 0 amide bonds. The van der Waals surface area contributed by atoms with Crippen molar-refractivity contribution in [2.75, 3.05) is 12.4 Å². The van der Waals surface area contributed by atoms with Gasteiger partial charge in [0.2, 0.25) is 0 Å². The highest BCUT2D eigenvalue weighted by atomic mass is 16.5. The molecule has 1 aromatic rings. The van der Waals surface area contributed by atoms with Gasteiger partial charge in [0.1, 0.15) is 0 Å². The Morgan fingerprint density at radius 2 is 1.95 bits per heavy atom. The second kappa shape index (κ2) is 5.34. The van der Waals surface area contributed by atoms with Crippen LogP contribution in [-0.4, -0.2) is 24.7 Å². The molecule has 1 aliphatic rings. The van der Waals surface area contributed by atoms with Crippen LogP contribution >= 0.6 is 0 Å². The normalized spacial score (nSPS) is 28.1. The van der Waals surface area contributed by atoms with Gasteiger partial charge in [0.05, 0.1) is 11.6 Å². The number of methoxy groups -OCH3 is 1. The molecule has 4 heteroatoms. The molecule has 0 heterocycles. The van der Waals surface area contributed by atoms with E-state index in [2.05, 4.69) is 57.1 Å². The monoisotopic (exact) mass is 289 g/mol. The molecule has 2 atom stereocenters. The van der Waals surface area contributed by atoms with Crippen LogP contribution in [-0.2, 0) is 4.74 Å². The second-order valence-electron chi connectivity index (χ2n) is 6.81. The van der Waals surface area contributed by atoms with Crippen molar-refractivity contribution >= 4 is 11.6 Å². The fourth-order valence-corrected chi connectivity index (χ4v) is 2.83. The first-order chi connectivity index (χ1) is 9.69. The molecule has 4 nitrogen and oxygen atoms in total. The highest BCUT2D eigenvalue weighted by molar-refractivity contribution is 5.92. The van der Waals surface area contributed by atoms with Crippen molar-refractivity contribution in [2.45, 2.75) is 52.7 Å². The van der Waals surface area contributed by atoms with Gasteiger partial charge in [-0.15, -0.1) is 0 Å². The molecule has 0 radical (unpaired) electrons. The molecule has 3 N–H and O–H groups in total. The standard InChI is InChI=1S/C17H27N3O/c1-11-7-8-13(9-12(11)2)19-15(18)20-14-10-17(5,21-6)16(14,3)4/h7-9,14H,10H2,1-6H3,(H3,18,19,20). The van der Waals surface area contributed by atoms with Crippen LogP contribution in [0.1, 0.15) is 38.3 Å².